The van der Waals surface area contributed by atoms with Gasteiger partial charge in [-0.05, 0) is 37.1 Å². The van der Waals surface area contributed by atoms with Gasteiger partial charge in [-0.1, -0.05) is 79.3 Å². The molecule has 2 aliphatic rings. The number of fused-ring (bicyclic) bond motifs is 2. The number of rotatable bonds is 9. The second kappa shape index (κ2) is 12.6. The number of para-hydroxylation sites is 1. The van der Waals surface area contributed by atoms with Crippen molar-refractivity contribution in [3.05, 3.63) is 115 Å². The summed E-state index contributed by atoms with van der Waals surface area (Å²) < 4.78 is 18.4. The number of methoxy groups -OCH3 is 2. The number of carbonyl (C=O) groups excluding carboxylic acids is 2. The van der Waals surface area contributed by atoms with Gasteiger partial charge >= 0.3 is 5.97 Å². The highest BCUT2D eigenvalue weighted by Crippen LogP contribution is 2.39. The Bertz CT molecular complexity index is 2010. The predicted molar refractivity (Wildman–Crippen MR) is 173 cm³/mol. The molecule has 10 heteroatoms. The van der Waals surface area contributed by atoms with Gasteiger partial charge in [0.15, 0.2) is 16.3 Å². The Morgan fingerprint density at radius 1 is 0.933 bits per heavy atom. The lowest BCUT2D eigenvalue weighted by Crippen LogP contribution is -2.41. The van der Waals surface area contributed by atoms with E-state index in [1.807, 2.05) is 54.6 Å². The Kier molecular flexibility index (Phi) is 8.40. The van der Waals surface area contributed by atoms with Crippen LogP contribution in [-0.2, 0) is 14.3 Å². The molecule has 3 aromatic carbocycles. The molecule has 6 rings (SSSR count). The smallest absolute Gasteiger partial charge is 0.338 e. The van der Waals surface area contributed by atoms with E-state index in [2.05, 4.69) is 6.92 Å². The van der Waals surface area contributed by atoms with Crippen LogP contribution in [0.4, 0.5) is 5.69 Å². The molecule has 0 saturated heterocycles. The summed E-state index contributed by atoms with van der Waals surface area (Å²) in [5.74, 6) is 0.130. The summed E-state index contributed by atoms with van der Waals surface area (Å²) in [5.41, 5.74) is 3.32. The molecule has 0 unspecified atom stereocenters. The van der Waals surface area contributed by atoms with Crippen LogP contribution in [0, 0.1) is 0 Å². The quantitative estimate of drug-likeness (QED) is 0.255. The van der Waals surface area contributed by atoms with E-state index in [9.17, 15) is 14.4 Å². The predicted octanol–water partition coefficient (Wildman–Crippen LogP) is 4.47. The number of aromatic nitrogens is 1. The van der Waals surface area contributed by atoms with Gasteiger partial charge in [-0.3, -0.25) is 14.2 Å². The van der Waals surface area contributed by atoms with Crippen LogP contribution in [0.5, 0.6) is 11.5 Å². The SMILES string of the molecule is CCCCN1C(=O)/C(=c2/sc3n(c2=O)[C@H](c2ccc(OC)c(OC)c2)C(C(=O)OCC)=C(c2ccccc2)N=3)c2ccccc21. The van der Waals surface area contributed by atoms with Crippen LogP contribution in [0.15, 0.2) is 88.2 Å². The molecule has 1 amide bonds. The molecule has 0 aliphatic carbocycles. The third kappa shape index (κ3) is 5.14. The number of amides is 1. The average Bonchev–Trinajstić information content (AvgIpc) is 3.54. The van der Waals surface area contributed by atoms with Crippen LogP contribution in [0.3, 0.4) is 0 Å². The Labute approximate surface area is 264 Å². The second-order valence-corrected chi connectivity index (χ2v) is 11.5. The Morgan fingerprint density at radius 3 is 2.38 bits per heavy atom. The molecule has 0 fully saturated rings. The van der Waals surface area contributed by atoms with E-state index in [0.717, 1.165) is 29.9 Å². The fraction of sp³-hybridized carbons (Fsp3) is 0.257. The number of hydrogen-bond acceptors (Lipinski definition) is 8. The van der Waals surface area contributed by atoms with Gasteiger partial charge in [-0.25, -0.2) is 9.79 Å². The van der Waals surface area contributed by atoms with Crippen LogP contribution in [-0.4, -0.2) is 43.8 Å². The lowest BCUT2D eigenvalue weighted by Gasteiger charge is -2.26. The highest BCUT2D eigenvalue weighted by atomic mass is 32.1. The number of unbranched alkanes of at least 4 members (excludes halogenated alkanes) is 1. The van der Waals surface area contributed by atoms with Crippen LogP contribution >= 0.6 is 11.3 Å². The lowest BCUT2D eigenvalue weighted by molar-refractivity contribution is -0.138. The maximum Gasteiger partial charge on any atom is 0.338 e. The van der Waals surface area contributed by atoms with Crippen molar-refractivity contribution in [1.29, 1.82) is 0 Å². The normalized spacial score (nSPS) is 16.7. The summed E-state index contributed by atoms with van der Waals surface area (Å²) in [6, 6.07) is 21.2. The number of anilines is 1. The van der Waals surface area contributed by atoms with Crippen LogP contribution in [0.25, 0.3) is 11.3 Å². The van der Waals surface area contributed by atoms with Gasteiger partial charge in [0, 0.05) is 17.7 Å². The minimum Gasteiger partial charge on any atom is -0.493 e. The van der Waals surface area contributed by atoms with Crippen molar-refractivity contribution < 1.29 is 23.8 Å². The van der Waals surface area contributed by atoms with E-state index in [1.165, 1.54) is 11.7 Å². The molecule has 45 heavy (non-hydrogen) atoms. The Hall–Kier alpha value is -4.96. The number of thiazole rings is 1. The van der Waals surface area contributed by atoms with Crippen molar-refractivity contribution >= 4 is 40.2 Å². The summed E-state index contributed by atoms with van der Waals surface area (Å²) >= 11 is 1.15. The highest BCUT2D eigenvalue weighted by Gasteiger charge is 2.38. The van der Waals surface area contributed by atoms with Gasteiger partial charge in [-0.15, -0.1) is 0 Å². The van der Waals surface area contributed by atoms with E-state index in [-0.39, 0.29) is 22.6 Å². The first-order chi connectivity index (χ1) is 21.9. The van der Waals surface area contributed by atoms with Crippen LogP contribution in [0.2, 0.25) is 0 Å². The summed E-state index contributed by atoms with van der Waals surface area (Å²) in [5, 5.41) is 0. The first kappa shape index (κ1) is 30.1. The molecule has 1 aromatic heterocycles. The zero-order valence-corrected chi connectivity index (χ0v) is 26.3. The summed E-state index contributed by atoms with van der Waals surface area (Å²) in [6.07, 6.45) is 1.75. The molecule has 0 spiro atoms. The molecule has 2 aliphatic heterocycles. The highest BCUT2D eigenvalue weighted by molar-refractivity contribution is 7.07. The monoisotopic (exact) mass is 623 g/mol. The minimum absolute atomic E-state index is 0.135. The molecular weight excluding hydrogens is 590 g/mol. The van der Waals surface area contributed by atoms with Crippen molar-refractivity contribution in [1.82, 2.24) is 4.57 Å². The first-order valence-corrected chi connectivity index (χ1v) is 15.7. The molecule has 3 heterocycles. The van der Waals surface area contributed by atoms with E-state index in [4.69, 9.17) is 19.2 Å². The second-order valence-electron chi connectivity index (χ2n) is 10.6. The molecule has 230 valence electrons. The van der Waals surface area contributed by atoms with Gasteiger partial charge in [0.1, 0.15) is 4.53 Å². The first-order valence-electron chi connectivity index (χ1n) is 14.9. The third-order valence-electron chi connectivity index (χ3n) is 7.96. The summed E-state index contributed by atoms with van der Waals surface area (Å²) in [4.78, 5) is 49.4. The van der Waals surface area contributed by atoms with Crippen molar-refractivity contribution in [2.24, 2.45) is 4.99 Å². The number of hydrogen-bond donors (Lipinski definition) is 0. The number of nitrogens with zero attached hydrogens (tertiary/aromatic N) is 3. The van der Waals surface area contributed by atoms with Crippen molar-refractivity contribution in [2.45, 2.75) is 32.7 Å². The maximum atomic E-state index is 14.6. The molecule has 9 nitrogen and oxygen atoms in total. The van der Waals surface area contributed by atoms with Crippen LogP contribution in [0.1, 0.15) is 49.4 Å². The Balaban J connectivity index is 1.69. The fourth-order valence-corrected chi connectivity index (χ4v) is 6.96. The lowest BCUT2D eigenvalue weighted by atomic mass is 9.93. The third-order valence-corrected chi connectivity index (χ3v) is 9.01. The number of benzene rings is 3. The van der Waals surface area contributed by atoms with Crippen molar-refractivity contribution in [3.63, 3.8) is 0 Å². The molecule has 1 atom stereocenters. The van der Waals surface area contributed by atoms with Gasteiger partial charge in [0.05, 0.1) is 49.4 Å². The molecule has 0 radical (unpaired) electrons. The molecule has 0 bridgehead atoms. The largest absolute Gasteiger partial charge is 0.493 e. The summed E-state index contributed by atoms with van der Waals surface area (Å²) in [6.45, 7) is 4.49. The summed E-state index contributed by atoms with van der Waals surface area (Å²) in [7, 11) is 3.07. The molecule has 0 N–H and O–H groups in total. The maximum absolute atomic E-state index is 14.6. The van der Waals surface area contributed by atoms with E-state index in [1.54, 1.807) is 37.1 Å². The minimum atomic E-state index is -0.924. The number of carbonyl (C=O) groups is 2. The van der Waals surface area contributed by atoms with Gasteiger partial charge in [-0.2, -0.15) is 0 Å². The van der Waals surface area contributed by atoms with E-state index in [0.29, 0.717) is 50.8 Å². The number of ether oxygens (including phenoxy) is 3. The van der Waals surface area contributed by atoms with Crippen molar-refractivity contribution in [3.8, 4) is 11.5 Å². The molecule has 4 aromatic rings. The molecular formula is C35H33N3O6S. The van der Waals surface area contributed by atoms with Gasteiger partial charge < -0.3 is 19.1 Å². The van der Waals surface area contributed by atoms with Crippen LogP contribution < -0.4 is 29.3 Å². The van der Waals surface area contributed by atoms with Gasteiger partial charge in [0.2, 0.25) is 0 Å². The standard InChI is InChI=1S/C35H33N3O6S/c1-5-7-19-37-24-16-12-11-15-23(24)27(32(37)39)31-33(40)38-30(22-17-18-25(42-3)26(20-22)43-4)28(34(41)44-6-2)29(36-35(38)45-31)21-13-9-8-10-14-21/h8-18,20,30H,5-7,19H2,1-4H3/b31-27+/t30-/m1/s1. The van der Waals surface area contributed by atoms with E-state index >= 15 is 0 Å². The zero-order valence-electron chi connectivity index (χ0n) is 25.5. The average molecular weight is 624 g/mol. The number of esters is 1. The van der Waals surface area contributed by atoms with E-state index < -0.39 is 17.6 Å². The zero-order chi connectivity index (χ0) is 31.7. The fourth-order valence-electron chi connectivity index (χ4n) is 5.87. The molecule has 0 saturated carbocycles. The topological polar surface area (TPSA) is 99.4 Å². The Morgan fingerprint density at radius 2 is 1.67 bits per heavy atom. The van der Waals surface area contributed by atoms with Crippen molar-refractivity contribution in [2.75, 3.05) is 32.3 Å². The van der Waals surface area contributed by atoms with Gasteiger partial charge in [0.25, 0.3) is 11.5 Å².